The second kappa shape index (κ2) is 9.51. The number of carbonyl (C=O) groups is 2. The van der Waals surface area contributed by atoms with E-state index >= 15 is 0 Å². The van der Waals surface area contributed by atoms with Crippen molar-refractivity contribution in [1.29, 1.82) is 0 Å². The molecule has 0 saturated heterocycles. The molecule has 0 spiro atoms. The van der Waals surface area contributed by atoms with E-state index in [-0.39, 0.29) is 28.0 Å². The number of nitrogens with one attached hydrogen (secondary N) is 2. The van der Waals surface area contributed by atoms with Crippen LogP contribution in [-0.2, 0) is 0 Å². The summed E-state index contributed by atoms with van der Waals surface area (Å²) in [6.45, 7) is 1.69. The van der Waals surface area contributed by atoms with Gasteiger partial charge in [-0.05, 0) is 55.0 Å². The second-order valence-corrected chi connectivity index (χ2v) is 7.34. The minimum atomic E-state index is -0.624. The third-order valence-corrected chi connectivity index (χ3v) is 4.84. The molecular weight excluding hydrogens is 441 g/mol. The minimum absolute atomic E-state index is 0.0201. The van der Waals surface area contributed by atoms with Crippen LogP contribution in [0.3, 0.4) is 0 Å². The molecule has 0 atom stereocenters. The predicted molar refractivity (Wildman–Crippen MR) is 120 cm³/mol. The van der Waals surface area contributed by atoms with E-state index in [9.17, 15) is 19.8 Å². The summed E-state index contributed by atoms with van der Waals surface area (Å²) in [6, 6.07) is 15.1. The van der Waals surface area contributed by atoms with Gasteiger partial charge in [0.1, 0.15) is 11.5 Å². The van der Waals surface area contributed by atoms with Crippen molar-refractivity contribution in [3.05, 3.63) is 87.4 Å². The van der Waals surface area contributed by atoms with E-state index in [0.29, 0.717) is 27.5 Å². The fourth-order valence-corrected chi connectivity index (χ4v) is 3.13. The highest BCUT2D eigenvalue weighted by atomic mass is 35.5. The van der Waals surface area contributed by atoms with E-state index in [1.54, 1.807) is 43.3 Å². The molecule has 2 amide bonds. The van der Waals surface area contributed by atoms with Crippen LogP contribution in [0.5, 0.6) is 11.5 Å². The van der Waals surface area contributed by atoms with Crippen LogP contribution in [0.4, 0.5) is 5.69 Å². The average molecular weight is 458 g/mol. The third-order valence-electron chi connectivity index (χ3n) is 4.29. The number of benzene rings is 3. The van der Waals surface area contributed by atoms with Crippen LogP contribution in [0.2, 0.25) is 10.0 Å². The van der Waals surface area contributed by atoms with Crippen LogP contribution in [0.1, 0.15) is 33.2 Å². The number of hydrogen-bond acceptors (Lipinski definition) is 5. The van der Waals surface area contributed by atoms with Crippen molar-refractivity contribution in [2.45, 2.75) is 6.92 Å². The Morgan fingerprint density at radius 3 is 2.19 bits per heavy atom. The number of nitrogens with zero attached hydrogens (tertiary/aromatic N) is 1. The highest BCUT2D eigenvalue weighted by Crippen LogP contribution is 2.23. The number of hydrazone groups is 1. The van der Waals surface area contributed by atoms with Crippen LogP contribution >= 0.6 is 23.2 Å². The molecule has 0 fully saturated rings. The number of halogens is 2. The molecule has 0 unspecified atom stereocenters. The maximum atomic E-state index is 12.4. The van der Waals surface area contributed by atoms with Crippen molar-refractivity contribution < 1.29 is 19.8 Å². The topological polar surface area (TPSA) is 111 Å². The van der Waals surface area contributed by atoms with Crippen LogP contribution in [0.25, 0.3) is 0 Å². The lowest BCUT2D eigenvalue weighted by molar-refractivity contribution is 0.0951. The normalized spacial score (nSPS) is 11.1. The molecule has 0 bridgehead atoms. The summed E-state index contributed by atoms with van der Waals surface area (Å²) >= 11 is 11.9. The number of anilines is 1. The smallest absolute Gasteiger partial charge is 0.275 e. The zero-order valence-electron chi connectivity index (χ0n) is 16.2. The van der Waals surface area contributed by atoms with Crippen LogP contribution in [0.15, 0.2) is 65.8 Å². The maximum absolute atomic E-state index is 12.4. The van der Waals surface area contributed by atoms with Crippen molar-refractivity contribution in [3.8, 4) is 11.5 Å². The molecule has 9 heteroatoms. The van der Waals surface area contributed by atoms with Gasteiger partial charge in [0.15, 0.2) is 0 Å². The zero-order valence-corrected chi connectivity index (χ0v) is 17.7. The molecule has 0 heterocycles. The molecule has 4 N–H and O–H groups in total. The Bertz CT molecular complexity index is 1180. The van der Waals surface area contributed by atoms with Gasteiger partial charge in [0.2, 0.25) is 0 Å². The average Bonchev–Trinajstić information content (AvgIpc) is 2.72. The molecule has 3 aromatic carbocycles. The molecule has 0 aliphatic heterocycles. The van der Waals surface area contributed by atoms with Gasteiger partial charge in [0.25, 0.3) is 11.8 Å². The monoisotopic (exact) mass is 457 g/mol. The van der Waals surface area contributed by atoms with E-state index in [2.05, 4.69) is 15.8 Å². The molecular formula is C22H17Cl2N3O4. The van der Waals surface area contributed by atoms with E-state index in [4.69, 9.17) is 23.2 Å². The Labute approximate surface area is 187 Å². The zero-order chi connectivity index (χ0) is 22.5. The Kier molecular flexibility index (Phi) is 6.79. The first-order valence-corrected chi connectivity index (χ1v) is 9.73. The van der Waals surface area contributed by atoms with Crippen molar-refractivity contribution in [2.75, 3.05) is 5.32 Å². The summed E-state index contributed by atoms with van der Waals surface area (Å²) in [5.74, 6) is -1.51. The number of phenols is 2. The van der Waals surface area contributed by atoms with Gasteiger partial charge in [0.05, 0.1) is 21.9 Å². The number of aromatic hydroxyl groups is 2. The largest absolute Gasteiger partial charge is 0.508 e. The van der Waals surface area contributed by atoms with Crippen LogP contribution < -0.4 is 10.7 Å². The van der Waals surface area contributed by atoms with Gasteiger partial charge in [-0.1, -0.05) is 35.3 Å². The Hall–Kier alpha value is -3.55. The van der Waals surface area contributed by atoms with E-state index in [1.165, 1.54) is 18.2 Å². The van der Waals surface area contributed by atoms with Crippen LogP contribution in [-0.4, -0.2) is 27.7 Å². The molecule has 0 radical (unpaired) electrons. The molecule has 7 nitrogen and oxygen atoms in total. The quantitative estimate of drug-likeness (QED) is 0.325. The minimum Gasteiger partial charge on any atom is -0.508 e. The first kappa shape index (κ1) is 22.1. The molecule has 0 aliphatic rings. The lowest BCUT2D eigenvalue weighted by atomic mass is 10.1. The Morgan fingerprint density at radius 2 is 1.55 bits per heavy atom. The van der Waals surface area contributed by atoms with Crippen molar-refractivity contribution in [1.82, 2.24) is 5.43 Å². The van der Waals surface area contributed by atoms with Crippen molar-refractivity contribution in [3.63, 3.8) is 0 Å². The molecule has 158 valence electrons. The Balaban J connectivity index is 1.66. The summed E-state index contributed by atoms with van der Waals surface area (Å²) < 4.78 is 0. The van der Waals surface area contributed by atoms with Gasteiger partial charge in [-0.25, -0.2) is 5.43 Å². The maximum Gasteiger partial charge on any atom is 0.275 e. The van der Waals surface area contributed by atoms with Gasteiger partial charge < -0.3 is 15.5 Å². The molecule has 31 heavy (non-hydrogen) atoms. The van der Waals surface area contributed by atoms with Gasteiger partial charge >= 0.3 is 0 Å². The van der Waals surface area contributed by atoms with Gasteiger partial charge in [-0.2, -0.15) is 5.10 Å². The van der Waals surface area contributed by atoms with E-state index in [1.807, 2.05) is 0 Å². The number of carbonyl (C=O) groups excluding carboxylic acids is 2. The number of hydrogen-bond donors (Lipinski definition) is 4. The highest BCUT2D eigenvalue weighted by Gasteiger charge is 2.12. The number of amides is 2. The molecule has 0 saturated carbocycles. The first-order chi connectivity index (χ1) is 14.7. The van der Waals surface area contributed by atoms with Crippen molar-refractivity contribution in [2.24, 2.45) is 5.10 Å². The van der Waals surface area contributed by atoms with Crippen molar-refractivity contribution >= 4 is 46.4 Å². The molecule has 0 aromatic heterocycles. The van der Waals surface area contributed by atoms with Gasteiger partial charge in [0, 0.05) is 16.8 Å². The van der Waals surface area contributed by atoms with E-state index < -0.39 is 5.91 Å². The lowest BCUT2D eigenvalue weighted by Gasteiger charge is -2.08. The standard InChI is InChI=1S/C22H17Cl2N3O4/c1-12(26-27-22(31)18-9-7-16(28)11-20(18)29)13-2-5-15(6-3-13)25-21(30)17-8-4-14(23)10-19(17)24/h2-11,28-29H,1H3,(H,25,30)(H,27,31). The second-order valence-electron chi connectivity index (χ2n) is 6.50. The van der Waals surface area contributed by atoms with Crippen LogP contribution in [0, 0.1) is 0 Å². The van der Waals surface area contributed by atoms with E-state index in [0.717, 1.165) is 6.07 Å². The third kappa shape index (κ3) is 5.53. The molecule has 3 rings (SSSR count). The first-order valence-electron chi connectivity index (χ1n) is 8.98. The summed E-state index contributed by atoms with van der Waals surface area (Å²) in [5.41, 5.74) is 4.39. The SMILES string of the molecule is CC(=NNC(=O)c1ccc(O)cc1O)c1ccc(NC(=O)c2ccc(Cl)cc2Cl)cc1. The predicted octanol–water partition coefficient (Wildman–Crippen LogP) is 4.81. The summed E-state index contributed by atoms with van der Waals surface area (Å²) in [7, 11) is 0. The highest BCUT2D eigenvalue weighted by molar-refractivity contribution is 6.37. The summed E-state index contributed by atoms with van der Waals surface area (Å²) in [6.07, 6.45) is 0. The lowest BCUT2D eigenvalue weighted by Crippen LogP contribution is -2.19. The molecule has 3 aromatic rings. The van der Waals surface area contributed by atoms with Gasteiger partial charge in [-0.3, -0.25) is 9.59 Å². The fraction of sp³-hybridized carbons (Fsp3) is 0.0455. The summed E-state index contributed by atoms with van der Waals surface area (Å²) in [4.78, 5) is 24.5. The Morgan fingerprint density at radius 1 is 0.871 bits per heavy atom. The summed E-state index contributed by atoms with van der Waals surface area (Å²) in [5, 5.41) is 26.5. The number of phenolic OH excluding ortho intramolecular Hbond substituents is 2. The van der Waals surface area contributed by atoms with Gasteiger partial charge in [-0.15, -0.1) is 0 Å². The molecule has 0 aliphatic carbocycles. The fourth-order valence-electron chi connectivity index (χ4n) is 2.64. The number of rotatable bonds is 5.